The van der Waals surface area contributed by atoms with Gasteiger partial charge in [0.15, 0.2) is 0 Å². The molecule has 1 unspecified atom stereocenters. The maximum Gasteiger partial charge on any atom is 0.225 e. The van der Waals surface area contributed by atoms with Gasteiger partial charge in [-0.15, -0.1) is 0 Å². The lowest BCUT2D eigenvalue weighted by Gasteiger charge is -2.33. The molecule has 0 aromatic heterocycles. The molecular formula is C14H26N2O2. The molecule has 1 N–H and O–H groups in total. The van der Waals surface area contributed by atoms with Crippen LogP contribution in [0.15, 0.2) is 0 Å². The molecule has 0 aromatic carbocycles. The number of rotatable bonds is 3. The summed E-state index contributed by atoms with van der Waals surface area (Å²) in [5, 5.41) is 2.82. The Bertz CT molecular complexity index is 307. The quantitative estimate of drug-likeness (QED) is 0.836. The topological polar surface area (TPSA) is 49.4 Å². The number of piperidine rings is 1. The van der Waals surface area contributed by atoms with E-state index < -0.39 is 0 Å². The average Bonchev–Trinajstić information content (AvgIpc) is 2.28. The summed E-state index contributed by atoms with van der Waals surface area (Å²) in [6.07, 6.45) is 3.82. The summed E-state index contributed by atoms with van der Waals surface area (Å²) in [5.41, 5.74) is -0.387. The molecule has 2 amide bonds. The van der Waals surface area contributed by atoms with Crippen molar-refractivity contribution in [3.8, 4) is 0 Å². The van der Waals surface area contributed by atoms with Crippen LogP contribution in [0.3, 0.4) is 0 Å². The van der Waals surface area contributed by atoms with Gasteiger partial charge in [0, 0.05) is 31.0 Å². The highest BCUT2D eigenvalue weighted by molar-refractivity contribution is 5.82. The number of carbonyl (C=O) groups excluding carboxylic acids is 2. The van der Waals surface area contributed by atoms with E-state index in [4.69, 9.17) is 0 Å². The first-order chi connectivity index (χ1) is 8.32. The molecule has 0 aliphatic carbocycles. The van der Waals surface area contributed by atoms with Crippen molar-refractivity contribution in [1.82, 2.24) is 10.2 Å². The van der Waals surface area contributed by atoms with Crippen molar-refractivity contribution in [1.29, 1.82) is 0 Å². The van der Waals surface area contributed by atoms with Gasteiger partial charge in [0.25, 0.3) is 0 Å². The Hall–Kier alpha value is -1.06. The van der Waals surface area contributed by atoms with Gasteiger partial charge in [-0.25, -0.2) is 0 Å². The van der Waals surface area contributed by atoms with Gasteiger partial charge >= 0.3 is 0 Å². The molecule has 1 saturated heterocycles. The van der Waals surface area contributed by atoms with Crippen LogP contribution in [0.4, 0.5) is 0 Å². The maximum atomic E-state index is 12.0. The van der Waals surface area contributed by atoms with E-state index in [9.17, 15) is 9.59 Å². The van der Waals surface area contributed by atoms with Crippen LogP contribution < -0.4 is 5.32 Å². The number of amides is 2. The zero-order valence-corrected chi connectivity index (χ0v) is 12.1. The normalized spacial score (nSPS) is 20.7. The van der Waals surface area contributed by atoms with E-state index >= 15 is 0 Å². The Morgan fingerprint density at radius 3 is 2.50 bits per heavy atom. The second kappa shape index (κ2) is 6.21. The number of likely N-dealkylation sites (tertiary alicyclic amines) is 1. The Labute approximate surface area is 110 Å². The molecule has 0 bridgehead atoms. The highest BCUT2D eigenvalue weighted by Gasteiger charge is 2.24. The van der Waals surface area contributed by atoms with E-state index in [-0.39, 0.29) is 17.2 Å². The Morgan fingerprint density at radius 2 is 1.94 bits per heavy atom. The summed E-state index contributed by atoms with van der Waals surface area (Å²) < 4.78 is 0. The molecule has 104 valence electrons. The largest absolute Gasteiger partial charge is 0.355 e. The van der Waals surface area contributed by atoms with E-state index in [0.29, 0.717) is 19.0 Å². The summed E-state index contributed by atoms with van der Waals surface area (Å²) in [4.78, 5) is 25.6. The SMILES string of the molecule is CC1CCCCN1C(=O)CCNC(=O)C(C)(C)C. The first-order valence-corrected chi connectivity index (χ1v) is 6.90. The highest BCUT2D eigenvalue weighted by atomic mass is 16.2. The van der Waals surface area contributed by atoms with Gasteiger partial charge in [0.2, 0.25) is 11.8 Å². The Kier molecular flexibility index (Phi) is 5.17. The lowest BCUT2D eigenvalue weighted by atomic mass is 9.96. The molecule has 1 aliphatic rings. The molecule has 4 nitrogen and oxygen atoms in total. The highest BCUT2D eigenvalue weighted by Crippen LogP contribution is 2.17. The van der Waals surface area contributed by atoms with Crippen molar-refractivity contribution in [2.24, 2.45) is 5.41 Å². The molecule has 0 spiro atoms. The van der Waals surface area contributed by atoms with Gasteiger partial charge in [-0.1, -0.05) is 20.8 Å². The summed E-state index contributed by atoms with van der Waals surface area (Å²) >= 11 is 0. The van der Waals surface area contributed by atoms with Gasteiger partial charge in [-0.3, -0.25) is 9.59 Å². The van der Waals surface area contributed by atoms with Crippen molar-refractivity contribution in [2.45, 2.75) is 59.4 Å². The average molecular weight is 254 g/mol. The number of hydrogen-bond acceptors (Lipinski definition) is 2. The van der Waals surface area contributed by atoms with Crippen molar-refractivity contribution in [3.05, 3.63) is 0 Å². The van der Waals surface area contributed by atoms with Gasteiger partial charge < -0.3 is 10.2 Å². The monoisotopic (exact) mass is 254 g/mol. The molecule has 1 fully saturated rings. The van der Waals surface area contributed by atoms with Gasteiger partial charge in [-0.05, 0) is 26.2 Å². The zero-order chi connectivity index (χ0) is 13.8. The molecule has 1 heterocycles. The van der Waals surface area contributed by atoms with E-state index in [0.717, 1.165) is 19.4 Å². The van der Waals surface area contributed by atoms with Crippen molar-refractivity contribution in [2.75, 3.05) is 13.1 Å². The predicted molar refractivity (Wildman–Crippen MR) is 72.1 cm³/mol. The number of nitrogens with zero attached hydrogens (tertiary/aromatic N) is 1. The third-order valence-corrected chi connectivity index (χ3v) is 3.43. The van der Waals surface area contributed by atoms with Gasteiger partial charge in [0.05, 0.1) is 0 Å². The summed E-state index contributed by atoms with van der Waals surface area (Å²) in [5.74, 6) is 0.165. The van der Waals surface area contributed by atoms with Crippen LogP contribution in [-0.2, 0) is 9.59 Å². The van der Waals surface area contributed by atoms with Crippen LogP contribution in [0.2, 0.25) is 0 Å². The van der Waals surface area contributed by atoms with E-state index in [1.165, 1.54) is 6.42 Å². The van der Waals surface area contributed by atoms with Crippen LogP contribution in [0.25, 0.3) is 0 Å². The van der Waals surface area contributed by atoms with Crippen LogP contribution >= 0.6 is 0 Å². The maximum absolute atomic E-state index is 12.0. The molecular weight excluding hydrogens is 228 g/mol. The predicted octanol–water partition coefficient (Wildman–Crippen LogP) is 1.94. The standard InChI is InChI=1S/C14H26N2O2/c1-11-7-5-6-10-16(11)12(17)8-9-15-13(18)14(2,3)4/h11H,5-10H2,1-4H3,(H,15,18). The van der Waals surface area contributed by atoms with Crippen LogP contribution in [0.1, 0.15) is 53.4 Å². The van der Waals surface area contributed by atoms with Crippen molar-refractivity contribution < 1.29 is 9.59 Å². The smallest absolute Gasteiger partial charge is 0.225 e. The fourth-order valence-corrected chi connectivity index (χ4v) is 2.16. The van der Waals surface area contributed by atoms with Crippen LogP contribution in [-0.4, -0.2) is 35.8 Å². The molecule has 0 aromatic rings. The third-order valence-electron chi connectivity index (χ3n) is 3.43. The van der Waals surface area contributed by atoms with Crippen LogP contribution in [0.5, 0.6) is 0 Å². The second-order valence-electron chi connectivity index (χ2n) is 6.19. The van der Waals surface area contributed by atoms with Crippen molar-refractivity contribution in [3.63, 3.8) is 0 Å². The molecule has 1 rings (SSSR count). The molecule has 0 saturated carbocycles. The molecule has 18 heavy (non-hydrogen) atoms. The lowest BCUT2D eigenvalue weighted by molar-refractivity contribution is -0.134. The number of carbonyl (C=O) groups is 2. The second-order valence-corrected chi connectivity index (χ2v) is 6.19. The minimum Gasteiger partial charge on any atom is -0.355 e. The first kappa shape index (κ1) is 15.0. The van der Waals surface area contributed by atoms with Gasteiger partial charge in [0.1, 0.15) is 0 Å². The molecule has 4 heteroatoms. The van der Waals surface area contributed by atoms with Crippen LogP contribution in [0, 0.1) is 5.41 Å². The molecule has 1 atom stereocenters. The third kappa shape index (κ3) is 4.31. The van der Waals surface area contributed by atoms with Gasteiger partial charge in [-0.2, -0.15) is 0 Å². The van der Waals surface area contributed by atoms with E-state index in [2.05, 4.69) is 12.2 Å². The number of nitrogens with one attached hydrogen (secondary N) is 1. The zero-order valence-electron chi connectivity index (χ0n) is 12.1. The summed E-state index contributed by atoms with van der Waals surface area (Å²) in [7, 11) is 0. The Balaban J connectivity index is 2.31. The fraction of sp³-hybridized carbons (Fsp3) is 0.857. The van der Waals surface area contributed by atoms with E-state index in [1.807, 2.05) is 25.7 Å². The fourth-order valence-electron chi connectivity index (χ4n) is 2.16. The molecule has 1 aliphatic heterocycles. The van der Waals surface area contributed by atoms with Crippen molar-refractivity contribution >= 4 is 11.8 Å². The van der Waals surface area contributed by atoms with E-state index in [1.54, 1.807) is 0 Å². The summed E-state index contributed by atoms with van der Waals surface area (Å²) in [6, 6.07) is 0.351. The minimum atomic E-state index is -0.387. The lowest BCUT2D eigenvalue weighted by Crippen LogP contribution is -2.44. The Morgan fingerprint density at radius 1 is 1.28 bits per heavy atom. The minimum absolute atomic E-state index is 0.00185. The first-order valence-electron chi connectivity index (χ1n) is 6.90. The number of hydrogen-bond donors (Lipinski definition) is 1. The molecule has 0 radical (unpaired) electrons. The summed E-state index contributed by atoms with van der Waals surface area (Å²) in [6.45, 7) is 9.03.